The van der Waals surface area contributed by atoms with Gasteiger partial charge in [-0.3, -0.25) is 4.79 Å². The molecule has 92 valence electrons. The molecule has 0 spiro atoms. The fourth-order valence-corrected chi connectivity index (χ4v) is 2.28. The Morgan fingerprint density at radius 3 is 2.59 bits per heavy atom. The van der Waals surface area contributed by atoms with Crippen LogP contribution in [0.2, 0.25) is 0 Å². The van der Waals surface area contributed by atoms with Crippen LogP contribution in [-0.2, 0) is 0 Å². The van der Waals surface area contributed by atoms with Crippen molar-refractivity contribution in [1.29, 1.82) is 0 Å². The second-order valence-corrected chi connectivity index (χ2v) is 4.99. The Morgan fingerprint density at radius 1 is 1.29 bits per heavy atom. The molecule has 17 heavy (non-hydrogen) atoms. The molecule has 0 unspecified atom stereocenters. The summed E-state index contributed by atoms with van der Waals surface area (Å²) in [6, 6.07) is 4.54. The van der Waals surface area contributed by atoms with Crippen LogP contribution in [0.3, 0.4) is 0 Å². The highest BCUT2D eigenvalue weighted by Crippen LogP contribution is 2.22. The molecule has 1 aromatic carbocycles. The maximum Gasteiger partial charge on any atom is 0.255 e. The van der Waals surface area contributed by atoms with Gasteiger partial charge in [0.2, 0.25) is 0 Å². The smallest absolute Gasteiger partial charge is 0.255 e. The van der Waals surface area contributed by atoms with Crippen molar-refractivity contribution in [2.75, 3.05) is 33.2 Å². The third kappa shape index (κ3) is 2.66. The number of hydrogen-bond acceptors (Lipinski definition) is 2. The van der Waals surface area contributed by atoms with E-state index in [0.717, 1.165) is 13.1 Å². The third-order valence-corrected chi connectivity index (χ3v) is 3.78. The molecule has 1 fully saturated rings. The van der Waals surface area contributed by atoms with Crippen LogP contribution in [-0.4, -0.2) is 48.9 Å². The molecular weight excluding hydrogens is 287 g/mol. The summed E-state index contributed by atoms with van der Waals surface area (Å²) < 4.78 is 13.6. The lowest BCUT2D eigenvalue weighted by molar-refractivity contribution is 0.0662. The SMILES string of the molecule is CN1CCN(C(=O)c2cccc(F)c2Br)CC1. The molecule has 1 aromatic rings. The number of piperazine rings is 1. The summed E-state index contributed by atoms with van der Waals surface area (Å²) in [5.41, 5.74) is 0.398. The van der Waals surface area contributed by atoms with Crippen molar-refractivity contribution in [3.63, 3.8) is 0 Å². The zero-order chi connectivity index (χ0) is 12.4. The molecule has 5 heteroatoms. The molecule has 0 aromatic heterocycles. The van der Waals surface area contributed by atoms with E-state index in [2.05, 4.69) is 20.8 Å². The molecule has 1 amide bonds. The molecule has 0 aliphatic carbocycles. The van der Waals surface area contributed by atoms with Crippen LogP contribution in [0.1, 0.15) is 10.4 Å². The largest absolute Gasteiger partial charge is 0.336 e. The first kappa shape index (κ1) is 12.5. The highest BCUT2D eigenvalue weighted by molar-refractivity contribution is 9.10. The van der Waals surface area contributed by atoms with Crippen molar-refractivity contribution < 1.29 is 9.18 Å². The third-order valence-electron chi connectivity index (χ3n) is 2.97. The van der Waals surface area contributed by atoms with Crippen LogP contribution in [0, 0.1) is 5.82 Å². The van der Waals surface area contributed by atoms with E-state index in [1.54, 1.807) is 17.0 Å². The number of benzene rings is 1. The van der Waals surface area contributed by atoms with E-state index in [1.807, 2.05) is 7.05 Å². The van der Waals surface area contributed by atoms with Gasteiger partial charge in [-0.1, -0.05) is 6.07 Å². The van der Waals surface area contributed by atoms with Gasteiger partial charge in [0, 0.05) is 26.2 Å². The molecule has 1 aliphatic heterocycles. The van der Waals surface area contributed by atoms with E-state index in [0.29, 0.717) is 18.7 Å². The molecular formula is C12H14BrFN2O. The Morgan fingerprint density at radius 2 is 1.94 bits per heavy atom. The monoisotopic (exact) mass is 300 g/mol. The molecule has 0 bridgehead atoms. The summed E-state index contributed by atoms with van der Waals surface area (Å²) in [5.74, 6) is -0.505. The van der Waals surface area contributed by atoms with Crippen LogP contribution >= 0.6 is 15.9 Å². The lowest BCUT2D eigenvalue weighted by atomic mass is 10.2. The summed E-state index contributed by atoms with van der Waals surface area (Å²) >= 11 is 3.13. The van der Waals surface area contributed by atoms with Gasteiger partial charge in [-0.2, -0.15) is 0 Å². The molecule has 0 radical (unpaired) electrons. The quantitative estimate of drug-likeness (QED) is 0.792. The number of rotatable bonds is 1. The number of halogens is 2. The van der Waals surface area contributed by atoms with Crippen LogP contribution in [0.15, 0.2) is 22.7 Å². The maximum atomic E-state index is 13.3. The first-order chi connectivity index (χ1) is 8.09. The molecule has 0 saturated carbocycles. The van der Waals surface area contributed by atoms with Crippen molar-refractivity contribution in [1.82, 2.24) is 9.80 Å². The molecule has 0 atom stereocenters. The van der Waals surface area contributed by atoms with Crippen molar-refractivity contribution in [2.45, 2.75) is 0 Å². The standard InChI is InChI=1S/C12H14BrFN2O/c1-15-5-7-16(8-6-15)12(17)9-3-2-4-10(14)11(9)13/h2-4H,5-8H2,1H3. The van der Waals surface area contributed by atoms with E-state index < -0.39 is 5.82 Å². The average Bonchev–Trinajstić information content (AvgIpc) is 2.33. The predicted molar refractivity (Wildman–Crippen MR) is 67.5 cm³/mol. The highest BCUT2D eigenvalue weighted by atomic mass is 79.9. The van der Waals surface area contributed by atoms with Gasteiger partial charge in [0.25, 0.3) is 5.91 Å². The van der Waals surface area contributed by atoms with Crippen molar-refractivity contribution >= 4 is 21.8 Å². The van der Waals surface area contributed by atoms with Gasteiger partial charge in [-0.05, 0) is 35.1 Å². The highest BCUT2D eigenvalue weighted by Gasteiger charge is 2.22. The van der Waals surface area contributed by atoms with E-state index in [-0.39, 0.29) is 10.4 Å². The molecule has 1 saturated heterocycles. The zero-order valence-electron chi connectivity index (χ0n) is 9.62. The van der Waals surface area contributed by atoms with Gasteiger partial charge in [0.15, 0.2) is 0 Å². The van der Waals surface area contributed by atoms with Gasteiger partial charge in [-0.15, -0.1) is 0 Å². The Labute approximate surface area is 108 Å². The molecule has 1 aliphatic rings. The lowest BCUT2D eigenvalue weighted by Gasteiger charge is -2.32. The predicted octanol–water partition coefficient (Wildman–Crippen LogP) is 1.98. The summed E-state index contributed by atoms with van der Waals surface area (Å²) in [5, 5.41) is 0. The van der Waals surface area contributed by atoms with E-state index in [4.69, 9.17) is 0 Å². The fraction of sp³-hybridized carbons (Fsp3) is 0.417. The van der Waals surface area contributed by atoms with Crippen LogP contribution in [0.5, 0.6) is 0 Å². The lowest BCUT2D eigenvalue weighted by Crippen LogP contribution is -2.47. The minimum Gasteiger partial charge on any atom is -0.336 e. The van der Waals surface area contributed by atoms with Gasteiger partial charge >= 0.3 is 0 Å². The normalized spacial score (nSPS) is 17.2. The number of nitrogens with zero attached hydrogens (tertiary/aromatic N) is 2. The summed E-state index contributed by atoms with van der Waals surface area (Å²) in [7, 11) is 2.03. The Kier molecular flexibility index (Phi) is 3.79. The molecule has 2 rings (SSSR count). The van der Waals surface area contributed by atoms with Gasteiger partial charge in [0.05, 0.1) is 10.0 Å². The van der Waals surface area contributed by atoms with Crippen LogP contribution < -0.4 is 0 Å². The van der Waals surface area contributed by atoms with E-state index in [9.17, 15) is 9.18 Å². The number of amides is 1. The first-order valence-electron chi connectivity index (χ1n) is 5.51. The number of carbonyl (C=O) groups is 1. The van der Waals surface area contributed by atoms with Crippen LogP contribution in [0.4, 0.5) is 4.39 Å². The zero-order valence-corrected chi connectivity index (χ0v) is 11.2. The molecule has 1 heterocycles. The van der Waals surface area contributed by atoms with Gasteiger partial charge < -0.3 is 9.80 Å². The summed E-state index contributed by atoms with van der Waals surface area (Å²) in [4.78, 5) is 16.1. The van der Waals surface area contributed by atoms with E-state index >= 15 is 0 Å². The fourth-order valence-electron chi connectivity index (χ4n) is 1.85. The van der Waals surface area contributed by atoms with E-state index in [1.165, 1.54) is 6.07 Å². The first-order valence-corrected chi connectivity index (χ1v) is 6.30. The van der Waals surface area contributed by atoms with Crippen molar-refractivity contribution in [2.24, 2.45) is 0 Å². The minimum absolute atomic E-state index is 0.107. The molecule has 0 N–H and O–H groups in total. The number of carbonyl (C=O) groups excluding carboxylic acids is 1. The maximum absolute atomic E-state index is 13.3. The van der Waals surface area contributed by atoms with Crippen molar-refractivity contribution in [3.05, 3.63) is 34.1 Å². The summed E-state index contributed by atoms with van der Waals surface area (Å²) in [6.07, 6.45) is 0. The second kappa shape index (κ2) is 5.14. The van der Waals surface area contributed by atoms with Gasteiger partial charge in [0.1, 0.15) is 5.82 Å². The van der Waals surface area contributed by atoms with Crippen molar-refractivity contribution in [3.8, 4) is 0 Å². The van der Waals surface area contributed by atoms with Crippen LogP contribution in [0.25, 0.3) is 0 Å². The second-order valence-electron chi connectivity index (χ2n) is 4.20. The number of hydrogen-bond donors (Lipinski definition) is 0. The number of likely N-dealkylation sites (N-methyl/N-ethyl adjacent to an activating group) is 1. The summed E-state index contributed by atoms with van der Waals surface area (Å²) in [6.45, 7) is 3.11. The molecule has 3 nitrogen and oxygen atoms in total. The Bertz CT molecular complexity index is 431. The van der Waals surface area contributed by atoms with Gasteiger partial charge in [-0.25, -0.2) is 4.39 Å². The topological polar surface area (TPSA) is 23.6 Å². The Hall–Kier alpha value is -0.940. The average molecular weight is 301 g/mol. The Balaban J connectivity index is 2.17. The minimum atomic E-state index is -0.398.